The van der Waals surface area contributed by atoms with E-state index >= 15 is 0 Å². The van der Waals surface area contributed by atoms with E-state index in [1.807, 2.05) is 24.3 Å². The molecule has 0 fully saturated rings. The van der Waals surface area contributed by atoms with E-state index in [-0.39, 0.29) is 0 Å². The second-order valence-corrected chi connectivity index (χ2v) is 4.09. The van der Waals surface area contributed by atoms with Gasteiger partial charge in [-0.25, -0.2) is 0 Å². The van der Waals surface area contributed by atoms with E-state index in [4.69, 9.17) is 26.9 Å². The zero-order valence-corrected chi connectivity index (χ0v) is 9.56. The van der Waals surface area contributed by atoms with Gasteiger partial charge in [0.15, 0.2) is 5.69 Å². The van der Waals surface area contributed by atoms with Crippen LogP contribution in [-0.4, -0.2) is 26.2 Å². The van der Waals surface area contributed by atoms with Crippen LogP contribution in [0.15, 0.2) is 24.3 Å². The van der Waals surface area contributed by atoms with Crippen LogP contribution < -0.4 is 4.48 Å². The maximum Gasteiger partial charge on any atom is 0.151 e. The molecule has 84 valence electrons. The number of para-hydroxylation sites is 1. The monoisotopic (exact) mass is 232 g/mol. The lowest BCUT2D eigenvalue weighted by molar-refractivity contribution is -0.402. The second-order valence-electron chi connectivity index (χ2n) is 3.69. The van der Waals surface area contributed by atoms with Gasteiger partial charge in [0.2, 0.25) is 0 Å². The standard InChI is InChI=1S/C9H13ClN.NO3/c1-11(2,3)9-7-5-4-6-8(9)10;2-1(3)4/h4-7H,1-3H3;/q+1;-1. The summed E-state index contributed by atoms with van der Waals surface area (Å²) < 4.78 is 0.764. The Morgan fingerprint density at radius 2 is 1.60 bits per heavy atom. The van der Waals surface area contributed by atoms with E-state index in [0.29, 0.717) is 0 Å². The van der Waals surface area contributed by atoms with E-state index in [0.717, 1.165) is 15.2 Å². The second kappa shape index (κ2) is 5.53. The van der Waals surface area contributed by atoms with E-state index in [1.165, 1.54) is 0 Å². The Hall–Kier alpha value is -1.33. The van der Waals surface area contributed by atoms with Gasteiger partial charge in [0, 0.05) is 6.07 Å². The van der Waals surface area contributed by atoms with Gasteiger partial charge < -0.3 is 15.3 Å². The molecule has 0 atom stereocenters. The fourth-order valence-corrected chi connectivity index (χ4v) is 1.39. The Balaban J connectivity index is 0.000000423. The van der Waals surface area contributed by atoms with Gasteiger partial charge in [-0.3, -0.25) is 4.48 Å². The molecule has 0 aliphatic heterocycles. The van der Waals surface area contributed by atoms with Crippen molar-refractivity contribution in [3.05, 3.63) is 44.6 Å². The van der Waals surface area contributed by atoms with Crippen molar-refractivity contribution in [2.45, 2.75) is 0 Å². The van der Waals surface area contributed by atoms with Crippen molar-refractivity contribution in [1.29, 1.82) is 0 Å². The maximum atomic E-state index is 8.25. The van der Waals surface area contributed by atoms with Crippen LogP contribution in [0.2, 0.25) is 5.02 Å². The van der Waals surface area contributed by atoms with Crippen LogP contribution in [0.1, 0.15) is 0 Å². The van der Waals surface area contributed by atoms with Crippen molar-refractivity contribution in [2.24, 2.45) is 0 Å². The molecule has 6 heteroatoms. The Morgan fingerprint density at radius 1 is 1.20 bits per heavy atom. The first kappa shape index (κ1) is 13.7. The lowest BCUT2D eigenvalue weighted by Crippen LogP contribution is -2.34. The Morgan fingerprint density at radius 3 is 1.87 bits per heavy atom. The number of rotatable bonds is 1. The number of halogens is 1. The first-order valence-corrected chi connectivity index (χ1v) is 4.51. The van der Waals surface area contributed by atoms with Gasteiger partial charge in [0.25, 0.3) is 0 Å². The molecule has 0 unspecified atom stereocenters. The largest absolute Gasteiger partial charge is 0.356 e. The third-order valence-electron chi connectivity index (χ3n) is 1.58. The summed E-state index contributed by atoms with van der Waals surface area (Å²) in [5.74, 6) is 0. The van der Waals surface area contributed by atoms with Gasteiger partial charge in [-0.15, -0.1) is 0 Å². The van der Waals surface area contributed by atoms with Gasteiger partial charge in [-0.2, -0.15) is 0 Å². The summed E-state index contributed by atoms with van der Waals surface area (Å²) in [5, 5.41) is 15.6. The number of benzene rings is 1. The van der Waals surface area contributed by atoms with E-state index in [1.54, 1.807) is 0 Å². The summed E-state index contributed by atoms with van der Waals surface area (Å²) in [6.07, 6.45) is 0. The summed E-state index contributed by atoms with van der Waals surface area (Å²) in [4.78, 5) is 8.25. The number of nitrogens with zero attached hydrogens (tertiary/aromatic N) is 2. The highest BCUT2D eigenvalue weighted by atomic mass is 35.5. The van der Waals surface area contributed by atoms with Gasteiger partial charge in [-0.05, 0) is 6.07 Å². The highest BCUT2D eigenvalue weighted by molar-refractivity contribution is 6.33. The summed E-state index contributed by atoms with van der Waals surface area (Å²) in [7, 11) is 6.30. The number of quaternary nitrogens is 1. The highest BCUT2D eigenvalue weighted by Crippen LogP contribution is 2.26. The molecule has 0 spiro atoms. The molecular formula is C9H13ClN2O3. The van der Waals surface area contributed by atoms with Crippen LogP contribution in [0.5, 0.6) is 0 Å². The fraction of sp³-hybridized carbons (Fsp3) is 0.333. The summed E-state index contributed by atoms with van der Waals surface area (Å²) in [6.45, 7) is 0. The molecule has 0 radical (unpaired) electrons. The third-order valence-corrected chi connectivity index (χ3v) is 1.89. The van der Waals surface area contributed by atoms with Gasteiger partial charge in [-0.1, -0.05) is 23.7 Å². The summed E-state index contributed by atoms with van der Waals surface area (Å²) >= 11 is 5.99. The van der Waals surface area contributed by atoms with Crippen LogP contribution in [-0.2, 0) is 0 Å². The normalized spacial score (nSPS) is 10.1. The minimum absolute atomic E-state index is 0.764. The minimum Gasteiger partial charge on any atom is -0.356 e. The van der Waals surface area contributed by atoms with Crippen LogP contribution in [0.3, 0.4) is 0 Å². The van der Waals surface area contributed by atoms with Crippen molar-refractivity contribution in [3.8, 4) is 0 Å². The first-order chi connectivity index (χ1) is 6.75. The quantitative estimate of drug-likeness (QED) is 0.424. The molecule has 15 heavy (non-hydrogen) atoms. The van der Waals surface area contributed by atoms with E-state index < -0.39 is 5.09 Å². The van der Waals surface area contributed by atoms with Crippen molar-refractivity contribution in [2.75, 3.05) is 21.1 Å². The number of hydrogen-bond donors (Lipinski definition) is 0. The SMILES string of the molecule is C[N+](C)(C)c1ccccc1Cl.O=[N+]([O-])[O-]. The third kappa shape index (κ3) is 5.87. The molecule has 0 aliphatic carbocycles. The molecule has 0 saturated carbocycles. The molecule has 0 aromatic heterocycles. The molecule has 0 aliphatic rings. The van der Waals surface area contributed by atoms with E-state index in [9.17, 15) is 0 Å². The predicted molar refractivity (Wildman–Crippen MR) is 61.4 cm³/mol. The van der Waals surface area contributed by atoms with E-state index in [2.05, 4.69) is 21.1 Å². The van der Waals surface area contributed by atoms with Crippen LogP contribution in [0, 0.1) is 15.3 Å². The molecule has 1 aromatic carbocycles. The summed E-state index contributed by atoms with van der Waals surface area (Å²) in [5.41, 5.74) is 1.15. The fourth-order valence-electron chi connectivity index (χ4n) is 0.996. The Labute approximate surface area is 93.2 Å². The van der Waals surface area contributed by atoms with Crippen LogP contribution in [0.25, 0.3) is 0 Å². The van der Waals surface area contributed by atoms with Crippen molar-refractivity contribution < 1.29 is 5.09 Å². The lowest BCUT2D eigenvalue weighted by Gasteiger charge is -2.24. The topological polar surface area (TPSA) is 66.2 Å². The number of hydrogen-bond acceptors (Lipinski definition) is 3. The smallest absolute Gasteiger partial charge is 0.151 e. The molecule has 0 bridgehead atoms. The van der Waals surface area contributed by atoms with Gasteiger partial charge in [0.05, 0.1) is 26.2 Å². The lowest BCUT2D eigenvalue weighted by atomic mass is 10.3. The van der Waals surface area contributed by atoms with Crippen LogP contribution in [0.4, 0.5) is 5.69 Å². The molecule has 0 N–H and O–H groups in total. The Kier molecular flexibility index (Phi) is 5.04. The van der Waals surface area contributed by atoms with Crippen molar-refractivity contribution in [1.82, 2.24) is 4.48 Å². The molecule has 1 rings (SSSR count). The van der Waals surface area contributed by atoms with Crippen LogP contribution >= 0.6 is 11.6 Å². The first-order valence-electron chi connectivity index (χ1n) is 4.13. The molecule has 0 saturated heterocycles. The highest BCUT2D eigenvalue weighted by Gasteiger charge is 2.14. The minimum atomic E-state index is -1.75. The van der Waals surface area contributed by atoms with Gasteiger partial charge >= 0.3 is 0 Å². The zero-order chi connectivity index (χ0) is 12.1. The Bertz CT molecular complexity index is 332. The molecule has 0 heterocycles. The predicted octanol–water partition coefficient (Wildman–Crippen LogP) is 2.30. The molecule has 1 aromatic rings. The molecule has 5 nitrogen and oxygen atoms in total. The van der Waals surface area contributed by atoms with Crippen molar-refractivity contribution >= 4 is 17.3 Å². The van der Waals surface area contributed by atoms with Gasteiger partial charge in [0.1, 0.15) is 5.02 Å². The van der Waals surface area contributed by atoms with Crippen molar-refractivity contribution in [3.63, 3.8) is 0 Å². The zero-order valence-electron chi connectivity index (χ0n) is 8.81. The average Bonchev–Trinajstić information content (AvgIpc) is 2.01. The molecule has 0 amide bonds. The maximum absolute atomic E-state index is 8.25. The summed E-state index contributed by atoms with van der Waals surface area (Å²) in [6, 6.07) is 7.91. The average molecular weight is 233 g/mol. The molecular weight excluding hydrogens is 220 g/mol.